The number of aliphatic hydroxyl groups is 1. The van der Waals surface area contributed by atoms with Gasteiger partial charge in [-0.25, -0.2) is 9.59 Å². The van der Waals surface area contributed by atoms with E-state index in [9.17, 15) is 19.5 Å². The lowest BCUT2D eigenvalue weighted by atomic mass is 9.66. The molecule has 3 N–H and O–H groups in total. The summed E-state index contributed by atoms with van der Waals surface area (Å²) < 4.78 is 10.7. The number of ether oxygens (including phenoxy) is 2. The number of piperidine rings is 1. The van der Waals surface area contributed by atoms with Gasteiger partial charge in [0.15, 0.2) is 0 Å². The van der Waals surface area contributed by atoms with Crippen molar-refractivity contribution in [1.29, 1.82) is 0 Å². The number of alkyl carbamates (subject to hydrolysis) is 2. The number of nitrogens with zero attached hydrogens (tertiary/aromatic N) is 1. The van der Waals surface area contributed by atoms with E-state index in [4.69, 9.17) is 21.1 Å². The summed E-state index contributed by atoms with van der Waals surface area (Å²) in [6, 6.07) is 15.7. The number of carbonyl (C=O) groups is 3. The zero-order valence-corrected chi connectivity index (χ0v) is 26.0. The van der Waals surface area contributed by atoms with Gasteiger partial charge < -0.3 is 30.1 Å². The summed E-state index contributed by atoms with van der Waals surface area (Å²) in [5, 5.41) is 17.8. The molecule has 3 rings (SSSR count). The van der Waals surface area contributed by atoms with Crippen LogP contribution in [0.2, 0.25) is 5.02 Å². The summed E-state index contributed by atoms with van der Waals surface area (Å²) in [5.41, 5.74) is -0.889. The number of rotatable bonds is 10. The van der Waals surface area contributed by atoms with Gasteiger partial charge in [0.2, 0.25) is 5.91 Å². The first-order chi connectivity index (χ1) is 19.7. The molecule has 1 aliphatic heterocycles. The van der Waals surface area contributed by atoms with Gasteiger partial charge in [0.1, 0.15) is 18.2 Å². The molecule has 230 valence electrons. The smallest absolute Gasteiger partial charge is 0.408 e. The summed E-state index contributed by atoms with van der Waals surface area (Å²) in [4.78, 5) is 40.1. The molecule has 1 heterocycles. The molecular formula is C32H44ClN3O6. The lowest BCUT2D eigenvalue weighted by molar-refractivity contribution is -0.155. The maximum absolute atomic E-state index is 13.7. The van der Waals surface area contributed by atoms with Crippen LogP contribution in [-0.2, 0) is 26.5 Å². The minimum Gasteiger partial charge on any atom is -0.445 e. The van der Waals surface area contributed by atoms with Crippen molar-refractivity contribution in [2.75, 3.05) is 19.6 Å². The molecule has 9 nitrogen and oxygen atoms in total. The van der Waals surface area contributed by atoms with E-state index in [1.807, 2.05) is 56.3 Å². The van der Waals surface area contributed by atoms with Crippen molar-refractivity contribution in [3.8, 4) is 0 Å². The molecule has 10 heteroatoms. The molecule has 42 heavy (non-hydrogen) atoms. The number of nitrogens with one attached hydrogen (secondary N) is 2. The average molecular weight is 602 g/mol. The van der Waals surface area contributed by atoms with Crippen LogP contribution in [0.1, 0.15) is 71.4 Å². The Balaban J connectivity index is 1.58. The van der Waals surface area contributed by atoms with Crippen molar-refractivity contribution in [3.05, 3.63) is 70.7 Å². The van der Waals surface area contributed by atoms with E-state index >= 15 is 0 Å². The maximum Gasteiger partial charge on any atom is 0.408 e. The Morgan fingerprint density at radius 2 is 1.69 bits per heavy atom. The van der Waals surface area contributed by atoms with E-state index in [2.05, 4.69) is 10.6 Å². The molecule has 2 atom stereocenters. The molecule has 0 aliphatic carbocycles. The molecule has 1 saturated heterocycles. The number of likely N-dealkylation sites (tertiary alicyclic amines) is 1. The molecule has 0 saturated carbocycles. The van der Waals surface area contributed by atoms with E-state index < -0.39 is 34.8 Å². The number of benzene rings is 2. The predicted molar refractivity (Wildman–Crippen MR) is 162 cm³/mol. The van der Waals surface area contributed by atoms with E-state index in [1.54, 1.807) is 37.8 Å². The zero-order valence-electron chi connectivity index (χ0n) is 25.2. The van der Waals surface area contributed by atoms with Crippen molar-refractivity contribution in [2.24, 2.45) is 5.41 Å². The number of hydrogen-bond donors (Lipinski definition) is 3. The Kier molecular flexibility index (Phi) is 11.3. The fourth-order valence-corrected chi connectivity index (χ4v) is 5.26. The van der Waals surface area contributed by atoms with Gasteiger partial charge in [0.25, 0.3) is 0 Å². The highest BCUT2D eigenvalue weighted by molar-refractivity contribution is 6.30. The van der Waals surface area contributed by atoms with Crippen LogP contribution in [-0.4, -0.2) is 59.4 Å². The Labute approximate surface area is 253 Å². The molecule has 0 bridgehead atoms. The van der Waals surface area contributed by atoms with Crippen LogP contribution in [0.25, 0.3) is 0 Å². The first-order valence-corrected chi connectivity index (χ1v) is 14.8. The van der Waals surface area contributed by atoms with Gasteiger partial charge >= 0.3 is 12.2 Å². The monoisotopic (exact) mass is 601 g/mol. The quantitative estimate of drug-likeness (QED) is 0.297. The van der Waals surface area contributed by atoms with Gasteiger partial charge in [-0.3, -0.25) is 4.79 Å². The third-order valence-corrected chi connectivity index (χ3v) is 7.73. The normalized spacial score (nSPS) is 19.0. The number of amides is 3. The van der Waals surface area contributed by atoms with Crippen molar-refractivity contribution in [3.63, 3.8) is 0 Å². The lowest BCUT2D eigenvalue weighted by Crippen LogP contribution is -2.60. The molecular weight excluding hydrogens is 558 g/mol. The summed E-state index contributed by atoms with van der Waals surface area (Å²) >= 11 is 6.06. The van der Waals surface area contributed by atoms with Crippen LogP contribution in [0.3, 0.4) is 0 Å². The van der Waals surface area contributed by atoms with Gasteiger partial charge in [-0.05, 0) is 69.7 Å². The number of carbonyl (C=O) groups excluding carboxylic acids is 3. The first-order valence-electron chi connectivity index (χ1n) is 14.4. The summed E-state index contributed by atoms with van der Waals surface area (Å²) in [7, 11) is 0. The van der Waals surface area contributed by atoms with Crippen LogP contribution in [0.4, 0.5) is 9.59 Å². The predicted octanol–water partition coefficient (Wildman–Crippen LogP) is 5.78. The molecule has 0 radical (unpaired) electrons. The van der Waals surface area contributed by atoms with E-state index in [0.717, 1.165) is 11.1 Å². The van der Waals surface area contributed by atoms with Gasteiger partial charge in [-0.2, -0.15) is 0 Å². The molecule has 1 fully saturated rings. The van der Waals surface area contributed by atoms with Crippen LogP contribution in [0, 0.1) is 5.41 Å². The van der Waals surface area contributed by atoms with Crippen molar-refractivity contribution in [2.45, 2.75) is 84.2 Å². The number of halogens is 1. The summed E-state index contributed by atoms with van der Waals surface area (Å²) in [6.45, 7) is 10.3. The van der Waals surface area contributed by atoms with Crippen molar-refractivity contribution < 1.29 is 29.0 Å². The number of hydrogen-bond acceptors (Lipinski definition) is 6. The largest absolute Gasteiger partial charge is 0.445 e. The molecule has 3 amide bonds. The molecule has 0 spiro atoms. The topological polar surface area (TPSA) is 117 Å². The minimum absolute atomic E-state index is 0.183. The van der Waals surface area contributed by atoms with Gasteiger partial charge in [0, 0.05) is 30.1 Å². The van der Waals surface area contributed by atoms with Crippen LogP contribution < -0.4 is 10.6 Å². The highest BCUT2D eigenvalue weighted by Gasteiger charge is 2.50. The summed E-state index contributed by atoms with van der Waals surface area (Å²) in [6.07, 6.45) is 0.664. The highest BCUT2D eigenvalue weighted by atomic mass is 35.5. The second-order valence-electron chi connectivity index (χ2n) is 12.4. The van der Waals surface area contributed by atoms with Gasteiger partial charge in [-0.1, -0.05) is 67.9 Å². The highest BCUT2D eigenvalue weighted by Crippen LogP contribution is 2.46. The third kappa shape index (κ3) is 9.36. The number of unbranched alkanes of at least 4 members (excludes halogenated alkanes) is 1. The zero-order chi connectivity index (χ0) is 31.0. The molecule has 0 unspecified atom stereocenters. The van der Waals surface area contributed by atoms with Gasteiger partial charge in [-0.15, -0.1) is 0 Å². The maximum atomic E-state index is 13.7. The van der Waals surface area contributed by atoms with Crippen molar-refractivity contribution in [1.82, 2.24) is 15.5 Å². The molecule has 2 aromatic carbocycles. The van der Waals surface area contributed by atoms with E-state index in [1.165, 1.54) is 0 Å². The summed E-state index contributed by atoms with van der Waals surface area (Å²) in [5.74, 6) is -0.234. The Hall–Kier alpha value is -3.30. The SMILES string of the molecule is CC(C)(C)OC(=O)N[C@H](CCCCNC(=O)OCc1ccccc1)C(=O)N1CC[C@](O)(c2ccc(Cl)cc2)C(C)(C)C1. The van der Waals surface area contributed by atoms with Crippen LogP contribution >= 0.6 is 11.6 Å². The Morgan fingerprint density at radius 3 is 2.31 bits per heavy atom. The van der Waals surface area contributed by atoms with Gasteiger partial charge in [0.05, 0.1) is 5.60 Å². The van der Waals surface area contributed by atoms with Crippen LogP contribution in [0.15, 0.2) is 54.6 Å². The standard InChI is InChI=1S/C32H44ClN3O6/c1-30(2,3)42-29(39)35-26(13-9-10-19-34-28(38)41-21-23-11-7-6-8-12-23)27(37)36-20-18-32(40,31(4,5)22-36)24-14-16-25(33)17-15-24/h6-8,11-12,14-17,26,40H,9-10,13,18-22H2,1-5H3,(H,34,38)(H,35,39)/t26-,32+/m1/s1. The Bertz CT molecular complexity index is 1200. The molecule has 2 aromatic rings. The molecule has 0 aromatic heterocycles. The fraction of sp³-hybridized carbons (Fsp3) is 0.531. The molecule has 1 aliphatic rings. The Morgan fingerprint density at radius 1 is 1.02 bits per heavy atom. The average Bonchev–Trinajstić information content (AvgIpc) is 2.92. The van der Waals surface area contributed by atoms with E-state index in [0.29, 0.717) is 50.3 Å². The third-order valence-electron chi connectivity index (χ3n) is 7.47. The second-order valence-corrected chi connectivity index (χ2v) is 12.9. The van der Waals surface area contributed by atoms with E-state index in [-0.39, 0.29) is 12.5 Å². The second kappa shape index (κ2) is 14.2. The lowest BCUT2D eigenvalue weighted by Gasteiger charge is -2.51. The van der Waals surface area contributed by atoms with Crippen LogP contribution in [0.5, 0.6) is 0 Å². The minimum atomic E-state index is -1.15. The fourth-order valence-electron chi connectivity index (χ4n) is 5.14. The van der Waals surface area contributed by atoms with Crippen molar-refractivity contribution >= 4 is 29.7 Å². The first kappa shape index (κ1) is 33.2.